The predicted molar refractivity (Wildman–Crippen MR) is 87.9 cm³/mol. The van der Waals surface area contributed by atoms with Gasteiger partial charge in [-0.15, -0.1) is 0 Å². The fourth-order valence-electron chi connectivity index (χ4n) is 1.88. The first-order valence-corrected chi connectivity index (χ1v) is 7.09. The summed E-state index contributed by atoms with van der Waals surface area (Å²) in [6, 6.07) is 12.9. The van der Waals surface area contributed by atoms with Crippen molar-refractivity contribution in [1.82, 2.24) is 5.32 Å². The number of ether oxygens (including phenoxy) is 1. The van der Waals surface area contributed by atoms with E-state index in [2.05, 4.69) is 15.4 Å². The van der Waals surface area contributed by atoms with Crippen LogP contribution >= 0.6 is 12.2 Å². The van der Waals surface area contributed by atoms with Crippen LogP contribution in [0.4, 0.5) is 14.5 Å². The van der Waals surface area contributed by atoms with Gasteiger partial charge in [0.25, 0.3) is 5.91 Å². The van der Waals surface area contributed by atoms with E-state index >= 15 is 0 Å². The van der Waals surface area contributed by atoms with E-state index in [1.54, 1.807) is 12.1 Å². The average Bonchev–Trinajstić information content (AvgIpc) is 2.49. The van der Waals surface area contributed by atoms with Gasteiger partial charge in [0.05, 0.1) is 0 Å². The van der Waals surface area contributed by atoms with Crippen molar-refractivity contribution in [3.05, 3.63) is 59.7 Å². The van der Waals surface area contributed by atoms with Crippen molar-refractivity contribution in [2.75, 3.05) is 5.32 Å². The summed E-state index contributed by atoms with van der Waals surface area (Å²) in [6.45, 7) is -1.05. The second-order valence-electron chi connectivity index (χ2n) is 4.63. The van der Waals surface area contributed by atoms with Crippen LogP contribution in [0, 0.1) is 6.92 Å². The molecule has 0 atom stereocenters. The Bertz CT molecular complexity index is 705. The Morgan fingerprint density at radius 3 is 2.39 bits per heavy atom. The number of carbonyl (C=O) groups excluding carboxylic acids is 1. The highest BCUT2D eigenvalue weighted by Gasteiger charge is 2.10. The van der Waals surface area contributed by atoms with Crippen LogP contribution in [0.2, 0.25) is 0 Å². The fourth-order valence-corrected chi connectivity index (χ4v) is 2.09. The van der Waals surface area contributed by atoms with E-state index in [0.29, 0.717) is 11.3 Å². The van der Waals surface area contributed by atoms with Gasteiger partial charge in [-0.05, 0) is 55.0 Å². The molecule has 2 rings (SSSR count). The normalized spacial score (nSPS) is 10.3. The SMILES string of the molecule is Cc1ccccc1C(=O)NC(=S)Nc1ccc(OC(F)F)cc1. The molecule has 120 valence electrons. The minimum absolute atomic E-state index is 0.0421. The summed E-state index contributed by atoms with van der Waals surface area (Å²) in [6.07, 6.45) is 0. The van der Waals surface area contributed by atoms with Crippen molar-refractivity contribution < 1.29 is 18.3 Å². The molecule has 0 spiro atoms. The summed E-state index contributed by atoms with van der Waals surface area (Å²) in [4.78, 5) is 12.1. The Morgan fingerprint density at radius 2 is 1.78 bits per heavy atom. The molecule has 0 bridgehead atoms. The van der Waals surface area contributed by atoms with E-state index in [9.17, 15) is 13.6 Å². The summed E-state index contributed by atoms with van der Waals surface area (Å²) >= 11 is 5.06. The number of alkyl halides is 2. The first-order chi connectivity index (χ1) is 11.0. The molecule has 0 aliphatic rings. The number of benzene rings is 2. The zero-order chi connectivity index (χ0) is 16.8. The topological polar surface area (TPSA) is 50.4 Å². The molecule has 4 nitrogen and oxygen atoms in total. The van der Waals surface area contributed by atoms with Crippen LogP contribution in [0.15, 0.2) is 48.5 Å². The van der Waals surface area contributed by atoms with Crippen LogP contribution in [0.3, 0.4) is 0 Å². The molecule has 0 unspecified atom stereocenters. The summed E-state index contributed by atoms with van der Waals surface area (Å²) in [7, 11) is 0. The third-order valence-corrected chi connectivity index (χ3v) is 3.16. The highest BCUT2D eigenvalue weighted by atomic mass is 32.1. The molecule has 0 heterocycles. The standard InChI is InChI=1S/C16H14F2N2O2S/c1-10-4-2-3-5-13(10)14(21)20-16(23)19-11-6-8-12(9-7-11)22-15(17)18/h2-9,15H,1H3,(H2,19,20,21,23). The van der Waals surface area contributed by atoms with Gasteiger partial charge in [-0.25, -0.2) is 0 Å². The lowest BCUT2D eigenvalue weighted by Crippen LogP contribution is -2.34. The molecule has 0 fully saturated rings. The molecule has 2 aromatic carbocycles. The summed E-state index contributed by atoms with van der Waals surface area (Å²) in [5, 5.41) is 5.47. The van der Waals surface area contributed by atoms with Crippen molar-refractivity contribution in [3.8, 4) is 5.75 Å². The lowest BCUT2D eigenvalue weighted by atomic mass is 10.1. The van der Waals surface area contributed by atoms with Crippen molar-refractivity contribution in [3.63, 3.8) is 0 Å². The monoisotopic (exact) mass is 336 g/mol. The highest BCUT2D eigenvalue weighted by Crippen LogP contribution is 2.17. The number of anilines is 1. The summed E-state index contributed by atoms with van der Waals surface area (Å²) < 4.78 is 28.4. The van der Waals surface area contributed by atoms with Crippen LogP contribution < -0.4 is 15.4 Å². The highest BCUT2D eigenvalue weighted by molar-refractivity contribution is 7.80. The molecular formula is C16H14F2N2O2S. The minimum atomic E-state index is -2.87. The molecule has 2 aromatic rings. The van der Waals surface area contributed by atoms with Crippen LogP contribution in [0.1, 0.15) is 15.9 Å². The van der Waals surface area contributed by atoms with Gasteiger partial charge in [0.15, 0.2) is 5.11 Å². The lowest BCUT2D eigenvalue weighted by Gasteiger charge is -2.11. The number of amides is 1. The zero-order valence-electron chi connectivity index (χ0n) is 12.2. The second-order valence-corrected chi connectivity index (χ2v) is 5.03. The van der Waals surface area contributed by atoms with Gasteiger partial charge >= 0.3 is 6.61 Å². The maximum Gasteiger partial charge on any atom is 0.387 e. The fraction of sp³-hybridized carbons (Fsp3) is 0.125. The molecule has 0 saturated heterocycles. The second kappa shape index (κ2) is 7.64. The Morgan fingerprint density at radius 1 is 1.13 bits per heavy atom. The van der Waals surface area contributed by atoms with E-state index in [1.807, 2.05) is 19.1 Å². The zero-order valence-corrected chi connectivity index (χ0v) is 13.0. The van der Waals surface area contributed by atoms with Crippen LogP contribution in [-0.2, 0) is 0 Å². The Labute approximate surface area is 137 Å². The predicted octanol–water partition coefficient (Wildman–Crippen LogP) is 3.72. The molecule has 0 aromatic heterocycles. The van der Waals surface area contributed by atoms with Crippen molar-refractivity contribution in [1.29, 1.82) is 0 Å². The quantitative estimate of drug-likeness (QED) is 0.836. The lowest BCUT2D eigenvalue weighted by molar-refractivity contribution is -0.0498. The largest absolute Gasteiger partial charge is 0.435 e. The van der Waals surface area contributed by atoms with Crippen LogP contribution in [0.5, 0.6) is 5.75 Å². The van der Waals surface area contributed by atoms with E-state index in [4.69, 9.17) is 12.2 Å². The van der Waals surface area contributed by atoms with E-state index < -0.39 is 6.61 Å². The maximum atomic E-state index is 12.1. The molecular weight excluding hydrogens is 322 g/mol. The van der Waals surface area contributed by atoms with Gasteiger partial charge in [-0.1, -0.05) is 18.2 Å². The molecule has 23 heavy (non-hydrogen) atoms. The molecule has 0 aliphatic heterocycles. The summed E-state index contributed by atoms with van der Waals surface area (Å²) in [5.74, 6) is -0.279. The number of halogens is 2. The molecule has 0 radical (unpaired) electrons. The smallest absolute Gasteiger partial charge is 0.387 e. The molecule has 1 amide bonds. The Kier molecular flexibility index (Phi) is 5.59. The molecule has 2 N–H and O–H groups in total. The van der Waals surface area contributed by atoms with Crippen LogP contribution in [-0.4, -0.2) is 17.6 Å². The van der Waals surface area contributed by atoms with Gasteiger partial charge < -0.3 is 10.1 Å². The van der Waals surface area contributed by atoms with E-state index in [0.717, 1.165) is 5.56 Å². The number of aryl methyl sites for hydroxylation is 1. The van der Waals surface area contributed by atoms with Gasteiger partial charge in [-0.3, -0.25) is 10.1 Å². The number of hydrogen-bond acceptors (Lipinski definition) is 3. The van der Waals surface area contributed by atoms with Crippen LogP contribution in [0.25, 0.3) is 0 Å². The number of rotatable bonds is 4. The van der Waals surface area contributed by atoms with Gasteiger partial charge in [0.2, 0.25) is 0 Å². The van der Waals surface area contributed by atoms with Gasteiger partial charge in [0, 0.05) is 11.3 Å². The Hall–Kier alpha value is -2.54. The third-order valence-electron chi connectivity index (χ3n) is 2.95. The number of hydrogen-bond donors (Lipinski definition) is 2. The van der Waals surface area contributed by atoms with E-state index in [1.165, 1.54) is 24.3 Å². The minimum Gasteiger partial charge on any atom is -0.435 e. The number of carbonyl (C=O) groups is 1. The summed E-state index contributed by atoms with van der Waals surface area (Å²) in [5.41, 5.74) is 1.90. The number of nitrogens with one attached hydrogen (secondary N) is 2. The van der Waals surface area contributed by atoms with Gasteiger partial charge in [-0.2, -0.15) is 8.78 Å². The van der Waals surface area contributed by atoms with Gasteiger partial charge in [0.1, 0.15) is 5.75 Å². The maximum absolute atomic E-state index is 12.1. The third kappa shape index (κ3) is 5.00. The first-order valence-electron chi connectivity index (χ1n) is 6.68. The average molecular weight is 336 g/mol. The Balaban J connectivity index is 1.94. The first kappa shape index (κ1) is 16.8. The molecule has 0 aliphatic carbocycles. The molecule has 7 heteroatoms. The van der Waals surface area contributed by atoms with Crippen molar-refractivity contribution in [2.45, 2.75) is 13.5 Å². The van der Waals surface area contributed by atoms with E-state index in [-0.39, 0.29) is 16.8 Å². The molecule has 0 saturated carbocycles. The number of thiocarbonyl (C=S) groups is 1. The van der Waals surface area contributed by atoms with Crippen molar-refractivity contribution in [2.24, 2.45) is 0 Å². The van der Waals surface area contributed by atoms with Crippen molar-refractivity contribution >= 4 is 28.9 Å².